The molecule has 1 atom stereocenters. The minimum Gasteiger partial charge on any atom is -0.480 e. The van der Waals surface area contributed by atoms with Gasteiger partial charge in [0.25, 0.3) is 0 Å². The van der Waals surface area contributed by atoms with Crippen molar-refractivity contribution in [1.82, 2.24) is 5.32 Å². The van der Waals surface area contributed by atoms with Crippen molar-refractivity contribution in [2.45, 2.75) is 6.04 Å². The lowest BCUT2D eigenvalue weighted by atomic mass is 10.2. The van der Waals surface area contributed by atoms with Gasteiger partial charge < -0.3 is 10.4 Å². The van der Waals surface area contributed by atoms with Crippen molar-refractivity contribution in [3.63, 3.8) is 0 Å². The molecule has 1 rings (SSSR count). The number of hydrogen-bond donors (Lipinski definition) is 2. The van der Waals surface area contributed by atoms with Gasteiger partial charge in [0, 0.05) is 5.56 Å². The fourth-order valence-corrected chi connectivity index (χ4v) is 2.07. The van der Waals surface area contributed by atoms with E-state index in [1.807, 2.05) is 5.32 Å². The van der Waals surface area contributed by atoms with E-state index in [-0.39, 0.29) is 17.3 Å². The molecule has 1 unspecified atom stereocenters. The minimum atomic E-state index is -1.53. The van der Waals surface area contributed by atoms with E-state index in [0.29, 0.717) is 5.56 Å². The van der Waals surface area contributed by atoms with Crippen LogP contribution < -0.4 is 5.32 Å². The number of thioether (sulfide) groups is 1. The predicted octanol–water partition coefficient (Wildman–Crippen LogP) is 1.14. The third-order valence-corrected chi connectivity index (χ3v) is 3.28. The van der Waals surface area contributed by atoms with Crippen molar-refractivity contribution in [1.29, 1.82) is 0 Å². The standard InChI is InChI=1S/C13H14FNO4S/c14-6-10(13(18)19)15-12(17)8-20-7-11(16)9-4-2-1-3-5-9/h1-5,10H,6-8H2,(H,15,17)(H,18,19). The van der Waals surface area contributed by atoms with E-state index in [4.69, 9.17) is 5.11 Å². The topological polar surface area (TPSA) is 83.5 Å². The average Bonchev–Trinajstić information content (AvgIpc) is 2.45. The van der Waals surface area contributed by atoms with Gasteiger partial charge in [-0.15, -0.1) is 11.8 Å². The first kappa shape index (κ1) is 16.2. The molecule has 0 aromatic heterocycles. The summed E-state index contributed by atoms with van der Waals surface area (Å²) >= 11 is 1.05. The number of Topliss-reactive ketones (excluding diaryl/α,β-unsaturated/α-hetero) is 1. The molecule has 5 nitrogen and oxygen atoms in total. The molecular formula is C13H14FNO4S. The first-order chi connectivity index (χ1) is 9.54. The summed E-state index contributed by atoms with van der Waals surface area (Å²) in [5.74, 6) is -2.15. The van der Waals surface area contributed by atoms with Crippen LogP contribution in [0.2, 0.25) is 0 Å². The molecule has 0 radical (unpaired) electrons. The maximum atomic E-state index is 12.3. The van der Waals surface area contributed by atoms with Crippen molar-refractivity contribution >= 4 is 29.4 Å². The summed E-state index contributed by atoms with van der Waals surface area (Å²) in [5, 5.41) is 10.6. The molecule has 0 heterocycles. The van der Waals surface area contributed by atoms with Crippen LogP contribution in [-0.4, -0.2) is 47.0 Å². The van der Waals surface area contributed by atoms with Gasteiger partial charge in [-0.2, -0.15) is 0 Å². The number of carboxylic acids is 1. The normalized spacial score (nSPS) is 11.7. The molecule has 1 aromatic carbocycles. The maximum Gasteiger partial charge on any atom is 0.328 e. The van der Waals surface area contributed by atoms with Crippen LogP contribution in [0.3, 0.4) is 0 Å². The molecule has 7 heteroatoms. The molecule has 20 heavy (non-hydrogen) atoms. The first-order valence-corrected chi connectivity index (χ1v) is 6.94. The number of nitrogens with one attached hydrogen (secondary N) is 1. The van der Waals surface area contributed by atoms with Crippen LogP contribution in [-0.2, 0) is 9.59 Å². The third-order valence-electron chi connectivity index (χ3n) is 2.35. The quantitative estimate of drug-likeness (QED) is 0.703. The number of alkyl halides is 1. The van der Waals surface area contributed by atoms with Gasteiger partial charge in [-0.3, -0.25) is 9.59 Å². The fourth-order valence-electron chi connectivity index (χ4n) is 1.35. The van der Waals surface area contributed by atoms with Gasteiger partial charge in [0.05, 0.1) is 11.5 Å². The van der Waals surface area contributed by atoms with Crippen LogP contribution in [0.5, 0.6) is 0 Å². The van der Waals surface area contributed by atoms with Gasteiger partial charge in [-0.25, -0.2) is 9.18 Å². The largest absolute Gasteiger partial charge is 0.480 e. The van der Waals surface area contributed by atoms with Crippen LogP contribution >= 0.6 is 11.8 Å². The Bertz CT molecular complexity index is 481. The Morgan fingerprint density at radius 2 is 1.85 bits per heavy atom. The number of ketones is 1. The molecule has 0 saturated carbocycles. The molecule has 1 amide bonds. The highest BCUT2D eigenvalue weighted by atomic mass is 32.2. The Balaban J connectivity index is 2.32. The zero-order valence-corrected chi connectivity index (χ0v) is 11.4. The summed E-state index contributed by atoms with van der Waals surface area (Å²) in [6.07, 6.45) is 0. The van der Waals surface area contributed by atoms with Crippen LogP contribution in [0.1, 0.15) is 10.4 Å². The molecule has 0 spiro atoms. The molecule has 0 aliphatic rings. The molecule has 0 aliphatic carbocycles. The Morgan fingerprint density at radius 1 is 1.20 bits per heavy atom. The van der Waals surface area contributed by atoms with Crippen molar-refractivity contribution in [2.75, 3.05) is 18.2 Å². The second-order valence-corrected chi connectivity index (χ2v) is 4.88. The van der Waals surface area contributed by atoms with Gasteiger partial charge in [-0.1, -0.05) is 30.3 Å². The molecule has 0 bridgehead atoms. The van der Waals surface area contributed by atoms with Crippen LogP contribution in [0, 0.1) is 0 Å². The molecule has 108 valence electrons. The summed E-state index contributed by atoms with van der Waals surface area (Å²) in [5.41, 5.74) is 0.549. The van der Waals surface area contributed by atoms with Gasteiger partial charge in [-0.05, 0) is 0 Å². The van der Waals surface area contributed by atoms with E-state index in [2.05, 4.69) is 0 Å². The molecule has 0 aliphatic heterocycles. The monoisotopic (exact) mass is 299 g/mol. The highest BCUT2D eigenvalue weighted by Gasteiger charge is 2.19. The number of carbonyl (C=O) groups excluding carboxylic acids is 2. The van der Waals surface area contributed by atoms with E-state index in [1.165, 1.54) is 0 Å². The highest BCUT2D eigenvalue weighted by Crippen LogP contribution is 2.07. The number of hydrogen-bond acceptors (Lipinski definition) is 4. The lowest BCUT2D eigenvalue weighted by Crippen LogP contribution is -2.43. The van der Waals surface area contributed by atoms with E-state index in [1.54, 1.807) is 30.3 Å². The van der Waals surface area contributed by atoms with Gasteiger partial charge >= 0.3 is 5.97 Å². The van der Waals surface area contributed by atoms with Gasteiger partial charge in [0.15, 0.2) is 11.8 Å². The van der Waals surface area contributed by atoms with E-state index in [9.17, 15) is 18.8 Å². The van der Waals surface area contributed by atoms with E-state index >= 15 is 0 Å². The smallest absolute Gasteiger partial charge is 0.328 e. The number of carbonyl (C=O) groups is 3. The summed E-state index contributed by atoms with van der Waals surface area (Å²) in [6, 6.07) is 7.08. The van der Waals surface area contributed by atoms with Crippen molar-refractivity contribution in [3.8, 4) is 0 Å². The fraction of sp³-hybridized carbons (Fsp3) is 0.308. The molecule has 0 fully saturated rings. The summed E-state index contributed by atoms with van der Waals surface area (Å²) < 4.78 is 12.3. The maximum absolute atomic E-state index is 12.3. The number of halogens is 1. The van der Waals surface area contributed by atoms with Crippen molar-refractivity contribution in [3.05, 3.63) is 35.9 Å². The third kappa shape index (κ3) is 5.40. The van der Waals surface area contributed by atoms with E-state index in [0.717, 1.165) is 11.8 Å². The second-order valence-electron chi connectivity index (χ2n) is 3.89. The van der Waals surface area contributed by atoms with Crippen LogP contribution in [0.4, 0.5) is 4.39 Å². The summed E-state index contributed by atoms with van der Waals surface area (Å²) in [4.78, 5) is 33.6. The van der Waals surface area contributed by atoms with Crippen LogP contribution in [0.15, 0.2) is 30.3 Å². The average molecular weight is 299 g/mol. The second kappa shape index (κ2) is 8.31. The lowest BCUT2D eigenvalue weighted by Gasteiger charge is -2.10. The Labute approximate surface area is 119 Å². The number of benzene rings is 1. The van der Waals surface area contributed by atoms with Gasteiger partial charge in [0.1, 0.15) is 6.67 Å². The van der Waals surface area contributed by atoms with E-state index < -0.39 is 24.6 Å². The van der Waals surface area contributed by atoms with Gasteiger partial charge in [0.2, 0.25) is 5.91 Å². The molecule has 1 aromatic rings. The summed E-state index contributed by atoms with van der Waals surface area (Å²) in [7, 11) is 0. The highest BCUT2D eigenvalue weighted by molar-refractivity contribution is 8.00. The molecule has 0 saturated heterocycles. The molecule has 2 N–H and O–H groups in total. The number of rotatable bonds is 8. The van der Waals surface area contributed by atoms with Crippen LogP contribution in [0.25, 0.3) is 0 Å². The Hall–Kier alpha value is -1.89. The number of carboxylic acid groups (broad SMARTS) is 1. The number of aliphatic carboxylic acids is 1. The Kier molecular flexibility index (Phi) is 6.72. The van der Waals surface area contributed by atoms with Crippen molar-refractivity contribution in [2.24, 2.45) is 0 Å². The zero-order chi connectivity index (χ0) is 15.0. The number of amides is 1. The SMILES string of the molecule is O=C(CSCC(=O)c1ccccc1)NC(CF)C(=O)O. The Morgan fingerprint density at radius 3 is 2.40 bits per heavy atom. The zero-order valence-electron chi connectivity index (χ0n) is 10.5. The predicted molar refractivity (Wildman–Crippen MR) is 73.6 cm³/mol. The lowest BCUT2D eigenvalue weighted by molar-refractivity contribution is -0.141. The van der Waals surface area contributed by atoms with Crippen molar-refractivity contribution < 1.29 is 23.9 Å². The molecular weight excluding hydrogens is 285 g/mol. The summed E-state index contributed by atoms with van der Waals surface area (Å²) in [6.45, 7) is -1.17. The minimum absolute atomic E-state index is 0.0949. The first-order valence-electron chi connectivity index (χ1n) is 5.78.